The van der Waals surface area contributed by atoms with E-state index in [0.717, 1.165) is 0 Å². The van der Waals surface area contributed by atoms with E-state index in [4.69, 9.17) is 0 Å². The molecule has 2 N–H and O–H groups in total. The van der Waals surface area contributed by atoms with Crippen LogP contribution < -0.4 is 5.32 Å². The summed E-state index contributed by atoms with van der Waals surface area (Å²) in [6, 6.07) is 0.409. The van der Waals surface area contributed by atoms with E-state index in [2.05, 4.69) is 5.32 Å². The van der Waals surface area contributed by atoms with Gasteiger partial charge in [-0.1, -0.05) is 13.8 Å². The zero-order valence-electron chi connectivity index (χ0n) is 16.9. The molecule has 28 heavy (non-hydrogen) atoms. The molecular weight excluding hydrogens is 384 g/mol. The Balaban J connectivity index is 3.02. The molecule has 1 heterocycles. The van der Waals surface area contributed by atoms with Gasteiger partial charge in [0.25, 0.3) is 5.91 Å². The zero-order valence-corrected chi connectivity index (χ0v) is 17.7. The first-order valence-corrected chi connectivity index (χ1v) is 11.0. The standard InChI is InChI=1S/C18H30N4O5S/c1-13(2)9-16(18(24)25)20-17(23)14(10-19)11-22(7-6-21(3)4)15-5-8-28(26,27)12-15/h11,13,15-16H,5-9,12H2,1-4H3,(H,20,23)(H,24,25)/b14-11-. The van der Waals surface area contributed by atoms with Gasteiger partial charge in [-0.15, -0.1) is 0 Å². The van der Waals surface area contributed by atoms with Crippen molar-refractivity contribution >= 4 is 21.7 Å². The van der Waals surface area contributed by atoms with Crippen LogP contribution in [0, 0.1) is 17.2 Å². The number of hydrogen-bond acceptors (Lipinski definition) is 7. The summed E-state index contributed by atoms with van der Waals surface area (Å²) in [5.74, 6) is -1.83. The lowest BCUT2D eigenvalue weighted by atomic mass is 10.0. The van der Waals surface area contributed by atoms with E-state index in [1.807, 2.05) is 38.9 Å². The summed E-state index contributed by atoms with van der Waals surface area (Å²) in [4.78, 5) is 27.5. The van der Waals surface area contributed by atoms with Crippen LogP contribution in [0.15, 0.2) is 11.8 Å². The molecule has 158 valence electrons. The third kappa shape index (κ3) is 7.86. The van der Waals surface area contributed by atoms with Crippen LogP contribution in [0.1, 0.15) is 26.7 Å². The molecule has 2 unspecified atom stereocenters. The predicted molar refractivity (Wildman–Crippen MR) is 105 cm³/mol. The number of nitrogens with one attached hydrogen (secondary N) is 1. The van der Waals surface area contributed by atoms with Gasteiger partial charge in [0, 0.05) is 25.3 Å². The Labute approximate surface area is 166 Å². The molecule has 1 aliphatic rings. The Morgan fingerprint density at radius 1 is 1.32 bits per heavy atom. The highest BCUT2D eigenvalue weighted by Crippen LogP contribution is 2.19. The maximum absolute atomic E-state index is 12.5. The van der Waals surface area contributed by atoms with Crippen molar-refractivity contribution in [3.05, 3.63) is 11.8 Å². The molecule has 0 radical (unpaired) electrons. The fourth-order valence-electron chi connectivity index (χ4n) is 2.94. The van der Waals surface area contributed by atoms with Crippen molar-refractivity contribution in [3.63, 3.8) is 0 Å². The van der Waals surface area contributed by atoms with E-state index < -0.39 is 27.8 Å². The molecule has 9 nitrogen and oxygen atoms in total. The summed E-state index contributed by atoms with van der Waals surface area (Å²) in [6.45, 7) is 4.73. The van der Waals surface area contributed by atoms with Crippen LogP contribution >= 0.6 is 0 Å². The first kappa shape index (κ1) is 23.9. The van der Waals surface area contributed by atoms with E-state index in [0.29, 0.717) is 19.5 Å². The second kappa shape index (κ2) is 10.4. The van der Waals surface area contributed by atoms with Gasteiger partial charge in [0.15, 0.2) is 9.84 Å². The van der Waals surface area contributed by atoms with E-state index >= 15 is 0 Å². The van der Waals surface area contributed by atoms with Crippen molar-refractivity contribution in [1.82, 2.24) is 15.1 Å². The molecule has 0 aromatic rings. The monoisotopic (exact) mass is 414 g/mol. The normalized spacial score (nSPS) is 20.0. The summed E-state index contributed by atoms with van der Waals surface area (Å²) in [5.41, 5.74) is -0.238. The van der Waals surface area contributed by atoms with Crippen LogP contribution in [-0.2, 0) is 19.4 Å². The van der Waals surface area contributed by atoms with Gasteiger partial charge in [0.05, 0.1) is 11.5 Å². The van der Waals surface area contributed by atoms with Gasteiger partial charge >= 0.3 is 5.97 Å². The summed E-state index contributed by atoms with van der Waals surface area (Å²) in [5, 5.41) is 21.1. The Kier molecular flexibility index (Phi) is 8.91. The Hall–Kier alpha value is -2.12. The minimum Gasteiger partial charge on any atom is -0.480 e. The van der Waals surface area contributed by atoms with Gasteiger partial charge < -0.3 is 20.2 Å². The van der Waals surface area contributed by atoms with Gasteiger partial charge in [0.1, 0.15) is 17.7 Å². The molecule has 1 amide bonds. The maximum Gasteiger partial charge on any atom is 0.326 e. The van der Waals surface area contributed by atoms with Crippen molar-refractivity contribution in [2.24, 2.45) is 5.92 Å². The lowest BCUT2D eigenvalue weighted by Crippen LogP contribution is -2.43. The molecule has 0 saturated carbocycles. The molecule has 0 spiro atoms. The van der Waals surface area contributed by atoms with Gasteiger partial charge in [0.2, 0.25) is 0 Å². The SMILES string of the molecule is CC(C)CC(NC(=O)/C(C#N)=C\N(CCN(C)C)C1CCS(=O)(=O)C1)C(=O)O. The van der Waals surface area contributed by atoms with Crippen LogP contribution in [0.2, 0.25) is 0 Å². The van der Waals surface area contributed by atoms with Crippen molar-refractivity contribution in [2.45, 2.75) is 38.8 Å². The van der Waals surface area contributed by atoms with Gasteiger partial charge in [-0.25, -0.2) is 13.2 Å². The topological polar surface area (TPSA) is 131 Å². The number of amides is 1. The van der Waals surface area contributed by atoms with Crippen molar-refractivity contribution in [1.29, 1.82) is 5.26 Å². The van der Waals surface area contributed by atoms with Gasteiger partial charge in [-0.3, -0.25) is 4.79 Å². The number of carboxylic acid groups (broad SMARTS) is 1. The molecule has 1 rings (SSSR count). The average molecular weight is 415 g/mol. The molecule has 0 aromatic carbocycles. The third-order valence-electron chi connectivity index (χ3n) is 4.45. The largest absolute Gasteiger partial charge is 0.480 e. The molecule has 10 heteroatoms. The lowest BCUT2D eigenvalue weighted by molar-refractivity contribution is -0.141. The van der Waals surface area contributed by atoms with Crippen molar-refractivity contribution in [3.8, 4) is 6.07 Å². The summed E-state index contributed by atoms with van der Waals surface area (Å²) < 4.78 is 23.7. The van der Waals surface area contributed by atoms with Crippen molar-refractivity contribution in [2.75, 3.05) is 38.7 Å². The number of nitriles is 1. The fraction of sp³-hybridized carbons (Fsp3) is 0.722. The Morgan fingerprint density at radius 2 is 1.96 bits per heavy atom. The molecule has 0 aromatic heterocycles. The maximum atomic E-state index is 12.5. The number of nitrogens with zero attached hydrogens (tertiary/aromatic N) is 3. The quantitative estimate of drug-likeness (QED) is 0.379. The van der Waals surface area contributed by atoms with Gasteiger partial charge in [-0.05, 0) is 32.9 Å². The highest BCUT2D eigenvalue weighted by Gasteiger charge is 2.32. The van der Waals surface area contributed by atoms with Crippen molar-refractivity contribution < 1.29 is 23.1 Å². The lowest BCUT2D eigenvalue weighted by Gasteiger charge is -2.28. The number of carboxylic acids is 1. The van der Waals surface area contributed by atoms with E-state index in [9.17, 15) is 28.4 Å². The first-order chi connectivity index (χ1) is 12.9. The van der Waals surface area contributed by atoms with Gasteiger partial charge in [-0.2, -0.15) is 5.26 Å². The highest BCUT2D eigenvalue weighted by atomic mass is 32.2. The summed E-state index contributed by atoms with van der Waals surface area (Å²) in [7, 11) is 0.608. The number of aliphatic carboxylic acids is 1. The molecular formula is C18H30N4O5S. The first-order valence-electron chi connectivity index (χ1n) is 9.21. The number of carbonyl (C=O) groups is 2. The molecule has 0 aliphatic carbocycles. The number of carbonyl (C=O) groups excluding carboxylic acids is 1. The molecule has 2 atom stereocenters. The van der Waals surface area contributed by atoms with E-state index in [1.54, 1.807) is 4.90 Å². The van der Waals surface area contributed by atoms with Crippen LogP contribution in [-0.4, -0.2) is 86.0 Å². The van der Waals surface area contributed by atoms with Crippen LogP contribution in [0.3, 0.4) is 0 Å². The third-order valence-corrected chi connectivity index (χ3v) is 6.20. The smallest absolute Gasteiger partial charge is 0.326 e. The highest BCUT2D eigenvalue weighted by molar-refractivity contribution is 7.91. The average Bonchev–Trinajstić information content (AvgIpc) is 2.93. The minimum atomic E-state index is -3.13. The molecule has 1 fully saturated rings. The second-order valence-electron chi connectivity index (χ2n) is 7.75. The molecule has 1 aliphatic heterocycles. The van der Waals surface area contributed by atoms with Crippen LogP contribution in [0.5, 0.6) is 0 Å². The van der Waals surface area contributed by atoms with E-state index in [-0.39, 0.29) is 35.5 Å². The number of sulfone groups is 1. The van der Waals surface area contributed by atoms with Crippen LogP contribution in [0.25, 0.3) is 0 Å². The predicted octanol–water partition coefficient (Wildman–Crippen LogP) is 0.0601. The molecule has 1 saturated heterocycles. The summed E-state index contributed by atoms with van der Waals surface area (Å²) in [6.07, 6.45) is 2.03. The van der Waals surface area contributed by atoms with E-state index in [1.165, 1.54) is 6.20 Å². The van der Waals surface area contributed by atoms with Crippen LogP contribution in [0.4, 0.5) is 0 Å². The number of likely N-dealkylation sites (N-methyl/N-ethyl adjacent to an activating group) is 1. The molecule has 0 bridgehead atoms. The summed E-state index contributed by atoms with van der Waals surface area (Å²) >= 11 is 0. The number of hydrogen-bond donors (Lipinski definition) is 2. The Bertz CT molecular complexity index is 740. The Morgan fingerprint density at radius 3 is 2.39 bits per heavy atom. The minimum absolute atomic E-state index is 0.0254. The number of rotatable bonds is 10. The zero-order chi connectivity index (χ0) is 21.5. The second-order valence-corrected chi connectivity index (χ2v) is 9.98. The fourth-order valence-corrected chi connectivity index (χ4v) is 4.68.